The molecule has 5 nitrogen and oxygen atoms in total. The fourth-order valence-corrected chi connectivity index (χ4v) is 1.84. The Morgan fingerprint density at radius 2 is 2.06 bits per heavy atom. The highest BCUT2D eigenvalue weighted by Crippen LogP contribution is 2.24. The van der Waals surface area contributed by atoms with E-state index in [0.29, 0.717) is 0 Å². The topological polar surface area (TPSA) is 64.6 Å². The largest absolute Gasteiger partial charge is 0.460 e. The molecule has 0 aromatic rings. The van der Waals surface area contributed by atoms with Crippen LogP contribution < -0.4 is 5.32 Å². The van der Waals surface area contributed by atoms with Crippen LogP contribution in [0.3, 0.4) is 0 Å². The van der Waals surface area contributed by atoms with E-state index in [1.807, 2.05) is 13.8 Å². The van der Waals surface area contributed by atoms with Gasteiger partial charge in [0.1, 0.15) is 17.7 Å². The number of rotatable bonds is 2. The molecule has 0 unspecified atom stereocenters. The van der Waals surface area contributed by atoms with Crippen molar-refractivity contribution in [3.8, 4) is 0 Å². The van der Waals surface area contributed by atoms with Crippen LogP contribution in [0.15, 0.2) is 0 Å². The van der Waals surface area contributed by atoms with Crippen molar-refractivity contribution in [1.29, 1.82) is 0 Å². The van der Waals surface area contributed by atoms with Crippen LogP contribution in [0.25, 0.3) is 0 Å². The van der Waals surface area contributed by atoms with E-state index in [2.05, 4.69) is 5.32 Å². The Balaban J connectivity index is 2.57. The molecule has 17 heavy (non-hydrogen) atoms. The van der Waals surface area contributed by atoms with Crippen molar-refractivity contribution in [2.45, 2.75) is 58.8 Å². The van der Waals surface area contributed by atoms with Gasteiger partial charge in [-0.05, 0) is 27.2 Å². The minimum atomic E-state index is -0.602. The maximum Gasteiger partial charge on any atom is 0.408 e. The highest BCUT2D eigenvalue weighted by molar-refractivity contribution is 5.83. The molecule has 1 amide bonds. The minimum absolute atomic E-state index is 0.0278. The molecule has 1 fully saturated rings. The minimum Gasteiger partial charge on any atom is -0.460 e. The molecule has 98 valence electrons. The number of ether oxygens (including phenoxy) is 2. The van der Waals surface area contributed by atoms with E-state index in [1.165, 1.54) is 0 Å². The van der Waals surface area contributed by atoms with E-state index < -0.39 is 17.7 Å². The van der Waals surface area contributed by atoms with Crippen LogP contribution in [-0.2, 0) is 14.3 Å². The van der Waals surface area contributed by atoms with Crippen molar-refractivity contribution >= 4 is 12.1 Å². The SMILES string of the molecule is CC[C@H]1OC(=O)[C@H](NC(=O)OC(C)(C)C)[C@H]1C. The summed E-state index contributed by atoms with van der Waals surface area (Å²) in [4.78, 5) is 23.1. The van der Waals surface area contributed by atoms with E-state index in [9.17, 15) is 9.59 Å². The molecule has 0 radical (unpaired) electrons. The van der Waals surface area contributed by atoms with Gasteiger partial charge in [-0.3, -0.25) is 0 Å². The van der Waals surface area contributed by atoms with Crippen LogP contribution >= 0.6 is 0 Å². The lowest BCUT2D eigenvalue weighted by Crippen LogP contribution is -2.44. The van der Waals surface area contributed by atoms with Gasteiger partial charge in [-0.15, -0.1) is 0 Å². The molecule has 3 atom stereocenters. The van der Waals surface area contributed by atoms with E-state index in [1.54, 1.807) is 20.8 Å². The second-order valence-corrected chi connectivity index (χ2v) is 5.37. The summed E-state index contributed by atoms with van der Waals surface area (Å²) in [5, 5.41) is 2.56. The smallest absolute Gasteiger partial charge is 0.408 e. The first-order valence-electron chi connectivity index (χ1n) is 5.94. The number of hydrogen-bond donors (Lipinski definition) is 1. The maximum atomic E-state index is 11.6. The van der Waals surface area contributed by atoms with Gasteiger partial charge < -0.3 is 14.8 Å². The molecule has 0 aromatic carbocycles. The van der Waals surface area contributed by atoms with Crippen molar-refractivity contribution in [2.75, 3.05) is 0 Å². The zero-order chi connectivity index (χ0) is 13.2. The quantitative estimate of drug-likeness (QED) is 0.752. The van der Waals surface area contributed by atoms with Crippen LogP contribution in [0.5, 0.6) is 0 Å². The van der Waals surface area contributed by atoms with Gasteiger partial charge in [-0.1, -0.05) is 13.8 Å². The van der Waals surface area contributed by atoms with Crippen molar-refractivity contribution in [1.82, 2.24) is 5.32 Å². The van der Waals surface area contributed by atoms with Crippen LogP contribution in [0, 0.1) is 5.92 Å². The Morgan fingerprint density at radius 1 is 1.47 bits per heavy atom. The number of carbonyl (C=O) groups excluding carboxylic acids is 2. The van der Waals surface area contributed by atoms with Gasteiger partial charge in [-0.25, -0.2) is 9.59 Å². The zero-order valence-corrected chi connectivity index (χ0v) is 11.1. The molecule has 0 saturated carbocycles. The molecule has 1 heterocycles. The number of carbonyl (C=O) groups is 2. The monoisotopic (exact) mass is 243 g/mol. The molecule has 1 rings (SSSR count). The van der Waals surface area contributed by atoms with E-state index in [4.69, 9.17) is 9.47 Å². The molecular formula is C12H21NO4. The fraction of sp³-hybridized carbons (Fsp3) is 0.833. The maximum absolute atomic E-state index is 11.6. The third kappa shape index (κ3) is 3.61. The second-order valence-electron chi connectivity index (χ2n) is 5.37. The number of amides is 1. The van der Waals surface area contributed by atoms with Crippen molar-refractivity contribution in [3.05, 3.63) is 0 Å². The van der Waals surface area contributed by atoms with Gasteiger partial charge in [0.15, 0.2) is 0 Å². The summed E-state index contributed by atoms with van der Waals surface area (Å²) in [5.41, 5.74) is -0.569. The lowest BCUT2D eigenvalue weighted by molar-refractivity contribution is -0.143. The molecule has 5 heteroatoms. The van der Waals surface area contributed by atoms with Crippen LogP contribution in [-0.4, -0.2) is 29.8 Å². The fourth-order valence-electron chi connectivity index (χ4n) is 1.84. The standard InChI is InChI=1S/C12H21NO4/c1-6-8-7(2)9(10(14)16-8)13-11(15)17-12(3,4)5/h7-9H,6H2,1-5H3,(H,13,15)/t7-,8+,9+/m0/s1. The average molecular weight is 243 g/mol. The number of nitrogens with one attached hydrogen (secondary N) is 1. The Labute approximate surface area is 102 Å². The number of cyclic esters (lactones) is 1. The Hall–Kier alpha value is -1.26. The lowest BCUT2D eigenvalue weighted by Gasteiger charge is -2.22. The summed E-state index contributed by atoms with van der Waals surface area (Å²) in [5.74, 6) is -0.407. The molecule has 0 bridgehead atoms. The highest BCUT2D eigenvalue weighted by atomic mass is 16.6. The normalized spacial score (nSPS) is 28.8. The summed E-state index contributed by atoms with van der Waals surface area (Å²) in [6.07, 6.45) is 0.0462. The van der Waals surface area contributed by atoms with E-state index in [0.717, 1.165) is 6.42 Å². The third-order valence-corrected chi connectivity index (χ3v) is 2.71. The Kier molecular flexibility index (Phi) is 4.01. The van der Waals surface area contributed by atoms with Gasteiger partial charge >= 0.3 is 12.1 Å². The van der Waals surface area contributed by atoms with E-state index >= 15 is 0 Å². The number of esters is 1. The molecule has 1 N–H and O–H groups in total. The van der Waals surface area contributed by atoms with Crippen LogP contribution in [0.4, 0.5) is 4.79 Å². The predicted molar refractivity (Wildman–Crippen MR) is 62.5 cm³/mol. The summed E-state index contributed by atoms with van der Waals surface area (Å²) in [7, 11) is 0. The Bertz CT molecular complexity index is 308. The van der Waals surface area contributed by atoms with Gasteiger partial charge in [0.05, 0.1) is 0 Å². The second kappa shape index (κ2) is 4.94. The molecule has 0 aromatic heterocycles. The number of alkyl carbamates (subject to hydrolysis) is 1. The average Bonchev–Trinajstić information content (AvgIpc) is 2.42. The van der Waals surface area contributed by atoms with Gasteiger partial charge in [-0.2, -0.15) is 0 Å². The first kappa shape index (κ1) is 13.8. The van der Waals surface area contributed by atoms with Crippen molar-refractivity contribution in [3.63, 3.8) is 0 Å². The first-order chi connectivity index (χ1) is 7.74. The lowest BCUT2D eigenvalue weighted by atomic mass is 9.97. The van der Waals surface area contributed by atoms with Gasteiger partial charge in [0.2, 0.25) is 0 Å². The Morgan fingerprint density at radius 3 is 2.47 bits per heavy atom. The van der Waals surface area contributed by atoms with Gasteiger partial charge in [0.25, 0.3) is 0 Å². The molecule has 0 aliphatic carbocycles. The number of hydrogen-bond acceptors (Lipinski definition) is 4. The van der Waals surface area contributed by atoms with Crippen LogP contribution in [0.1, 0.15) is 41.0 Å². The van der Waals surface area contributed by atoms with E-state index in [-0.39, 0.29) is 18.0 Å². The molecule has 1 aliphatic rings. The predicted octanol–water partition coefficient (Wildman–Crippen LogP) is 1.85. The summed E-state index contributed by atoms with van der Waals surface area (Å²) >= 11 is 0. The summed E-state index contributed by atoms with van der Waals surface area (Å²) in [6, 6.07) is -0.602. The van der Waals surface area contributed by atoms with Crippen LogP contribution in [0.2, 0.25) is 0 Å². The third-order valence-electron chi connectivity index (χ3n) is 2.71. The molecule has 1 aliphatic heterocycles. The molecule has 1 saturated heterocycles. The summed E-state index contributed by atoms with van der Waals surface area (Å²) < 4.78 is 10.3. The zero-order valence-electron chi connectivity index (χ0n) is 11.1. The molecule has 0 spiro atoms. The summed E-state index contributed by atoms with van der Waals surface area (Å²) in [6.45, 7) is 9.17. The highest BCUT2D eigenvalue weighted by Gasteiger charge is 2.42. The van der Waals surface area contributed by atoms with Crippen molar-refractivity contribution < 1.29 is 19.1 Å². The van der Waals surface area contributed by atoms with Gasteiger partial charge in [0, 0.05) is 5.92 Å². The first-order valence-corrected chi connectivity index (χ1v) is 5.94. The van der Waals surface area contributed by atoms with Crippen molar-refractivity contribution in [2.24, 2.45) is 5.92 Å². The molecular weight excluding hydrogens is 222 g/mol.